The summed E-state index contributed by atoms with van der Waals surface area (Å²) < 4.78 is 3.18. The smallest absolute Gasteiger partial charge is 0.233 e. The number of fused-ring (bicyclic) bond motifs is 1. The van der Waals surface area contributed by atoms with E-state index in [9.17, 15) is 4.79 Å². The number of aryl methyl sites for hydroxylation is 1. The maximum atomic E-state index is 12.7. The van der Waals surface area contributed by atoms with Gasteiger partial charge in [-0.05, 0) is 25.5 Å². The Morgan fingerprint density at radius 1 is 1.33 bits per heavy atom. The maximum absolute atomic E-state index is 12.7. The van der Waals surface area contributed by atoms with Gasteiger partial charge >= 0.3 is 0 Å². The van der Waals surface area contributed by atoms with Crippen LogP contribution in [0.2, 0.25) is 0 Å². The number of nitrogens with zero attached hydrogens (tertiary/aromatic N) is 5. The summed E-state index contributed by atoms with van der Waals surface area (Å²) in [6.07, 6.45) is 5.21. The number of amides is 1. The van der Waals surface area contributed by atoms with Crippen LogP contribution in [0.15, 0.2) is 35.7 Å². The van der Waals surface area contributed by atoms with Crippen molar-refractivity contribution in [3.63, 3.8) is 0 Å². The Morgan fingerprint density at radius 3 is 2.93 bits per heavy atom. The van der Waals surface area contributed by atoms with Gasteiger partial charge in [0.2, 0.25) is 5.91 Å². The number of thiazole rings is 1. The summed E-state index contributed by atoms with van der Waals surface area (Å²) in [4.78, 5) is 19.1. The molecule has 8 heteroatoms. The molecule has 6 nitrogen and oxygen atoms in total. The lowest BCUT2D eigenvalue weighted by atomic mass is 10.2. The number of unbranched alkanes of at least 4 members (excludes halogenated alkanes) is 2. The van der Waals surface area contributed by atoms with Crippen LogP contribution in [0.25, 0.3) is 10.2 Å². The number of carbonyl (C=O) groups excluding carboxylic acids is 1. The quantitative estimate of drug-likeness (QED) is 0.392. The van der Waals surface area contributed by atoms with E-state index in [1.165, 1.54) is 24.6 Å². The third-order valence-corrected chi connectivity index (χ3v) is 6.72. The topological polar surface area (TPSA) is 63.9 Å². The molecular formula is C19H25N5OS2. The minimum absolute atomic E-state index is 0.0575. The summed E-state index contributed by atoms with van der Waals surface area (Å²) in [5.74, 6) is 0.410. The van der Waals surface area contributed by atoms with E-state index in [-0.39, 0.29) is 11.9 Å². The molecule has 144 valence electrons. The fraction of sp³-hybridized carbons (Fsp3) is 0.474. The number of hydrogen-bond donors (Lipinski definition) is 0. The molecule has 0 aliphatic carbocycles. The molecule has 0 spiro atoms. The Bertz CT molecular complexity index is 858. The van der Waals surface area contributed by atoms with Crippen LogP contribution in [0.5, 0.6) is 0 Å². The first-order chi connectivity index (χ1) is 13.1. The van der Waals surface area contributed by atoms with E-state index >= 15 is 0 Å². The first-order valence-corrected chi connectivity index (χ1v) is 11.0. The molecule has 0 radical (unpaired) electrons. The first kappa shape index (κ1) is 19.8. The second kappa shape index (κ2) is 9.32. The molecule has 0 aliphatic heterocycles. The Balaban J connectivity index is 1.58. The Morgan fingerprint density at radius 2 is 2.15 bits per heavy atom. The van der Waals surface area contributed by atoms with Crippen LogP contribution in [0, 0.1) is 0 Å². The van der Waals surface area contributed by atoms with E-state index in [4.69, 9.17) is 0 Å². The van der Waals surface area contributed by atoms with Crippen LogP contribution in [0.4, 0.5) is 0 Å². The SMILES string of the molecule is CCCCCn1cnnc1SCC(=O)N(C)[C@@H](C)c1nc2ccccc2s1. The summed E-state index contributed by atoms with van der Waals surface area (Å²) in [6, 6.07) is 8.01. The van der Waals surface area contributed by atoms with Gasteiger partial charge in [-0.25, -0.2) is 4.98 Å². The lowest BCUT2D eigenvalue weighted by Crippen LogP contribution is -2.31. The van der Waals surface area contributed by atoms with Gasteiger partial charge in [0.1, 0.15) is 11.3 Å². The zero-order valence-electron chi connectivity index (χ0n) is 16.0. The van der Waals surface area contributed by atoms with E-state index in [0.717, 1.165) is 33.3 Å². The summed E-state index contributed by atoms with van der Waals surface area (Å²) in [7, 11) is 1.84. The van der Waals surface area contributed by atoms with Crippen LogP contribution in [-0.2, 0) is 11.3 Å². The molecular weight excluding hydrogens is 378 g/mol. The van der Waals surface area contributed by atoms with Crippen molar-refractivity contribution in [3.05, 3.63) is 35.6 Å². The first-order valence-electron chi connectivity index (χ1n) is 9.22. The summed E-state index contributed by atoms with van der Waals surface area (Å²) in [5.41, 5.74) is 0.986. The molecule has 2 aromatic heterocycles. The Labute approximate surface area is 168 Å². The molecule has 0 saturated carbocycles. The van der Waals surface area contributed by atoms with Gasteiger partial charge in [0.15, 0.2) is 5.16 Å². The summed E-state index contributed by atoms with van der Waals surface area (Å²) >= 11 is 3.09. The molecule has 1 atom stereocenters. The highest BCUT2D eigenvalue weighted by atomic mass is 32.2. The molecule has 0 saturated heterocycles. The highest BCUT2D eigenvalue weighted by Crippen LogP contribution is 2.29. The predicted molar refractivity (Wildman–Crippen MR) is 111 cm³/mol. The fourth-order valence-corrected chi connectivity index (χ4v) is 4.65. The van der Waals surface area contributed by atoms with Gasteiger partial charge in [-0.2, -0.15) is 0 Å². The van der Waals surface area contributed by atoms with Gasteiger partial charge in [-0.15, -0.1) is 21.5 Å². The summed E-state index contributed by atoms with van der Waals surface area (Å²) in [5, 5.41) is 9.91. The third kappa shape index (κ3) is 4.87. The molecule has 0 aliphatic rings. The lowest BCUT2D eigenvalue weighted by molar-refractivity contribution is -0.128. The van der Waals surface area contributed by atoms with Crippen molar-refractivity contribution in [2.24, 2.45) is 0 Å². The van der Waals surface area contributed by atoms with Crippen molar-refractivity contribution in [1.29, 1.82) is 0 Å². The van der Waals surface area contributed by atoms with Gasteiger partial charge in [0.05, 0.1) is 22.0 Å². The molecule has 1 amide bonds. The molecule has 27 heavy (non-hydrogen) atoms. The number of thioether (sulfide) groups is 1. The number of hydrogen-bond acceptors (Lipinski definition) is 6. The number of rotatable bonds is 9. The molecule has 3 rings (SSSR count). The monoisotopic (exact) mass is 403 g/mol. The lowest BCUT2D eigenvalue weighted by Gasteiger charge is -2.23. The predicted octanol–water partition coefficient (Wildman–Crippen LogP) is 4.39. The Kier molecular flexibility index (Phi) is 6.84. The average Bonchev–Trinajstić information content (AvgIpc) is 3.31. The van der Waals surface area contributed by atoms with Crippen LogP contribution in [0.1, 0.15) is 44.2 Å². The second-order valence-corrected chi connectivity index (χ2v) is 8.51. The van der Waals surface area contributed by atoms with E-state index in [1.54, 1.807) is 22.6 Å². The molecule has 0 fully saturated rings. The van der Waals surface area contributed by atoms with Gasteiger partial charge in [-0.3, -0.25) is 4.79 Å². The molecule has 1 aromatic carbocycles. The molecule has 0 unspecified atom stereocenters. The zero-order chi connectivity index (χ0) is 19.2. The number of benzene rings is 1. The number of para-hydroxylation sites is 1. The van der Waals surface area contributed by atoms with Crippen LogP contribution in [0.3, 0.4) is 0 Å². The fourth-order valence-electron chi connectivity index (χ4n) is 2.72. The number of aromatic nitrogens is 4. The van der Waals surface area contributed by atoms with Gasteiger partial charge in [0.25, 0.3) is 0 Å². The third-order valence-electron chi connectivity index (χ3n) is 4.55. The van der Waals surface area contributed by atoms with Crippen molar-refractivity contribution in [2.45, 2.75) is 50.9 Å². The molecule has 3 aromatic rings. The van der Waals surface area contributed by atoms with Crippen molar-refractivity contribution < 1.29 is 4.79 Å². The molecule has 0 bridgehead atoms. The average molecular weight is 404 g/mol. The second-order valence-electron chi connectivity index (χ2n) is 6.50. The van der Waals surface area contributed by atoms with E-state index in [1.807, 2.05) is 36.7 Å². The molecule has 0 N–H and O–H groups in total. The normalized spacial score (nSPS) is 12.4. The minimum atomic E-state index is -0.0575. The zero-order valence-corrected chi connectivity index (χ0v) is 17.6. The van der Waals surface area contributed by atoms with Crippen LogP contribution in [-0.4, -0.2) is 43.4 Å². The largest absolute Gasteiger partial charge is 0.336 e. The highest BCUT2D eigenvalue weighted by Gasteiger charge is 2.21. The van der Waals surface area contributed by atoms with Crippen molar-refractivity contribution >= 4 is 39.2 Å². The van der Waals surface area contributed by atoms with Crippen molar-refractivity contribution in [1.82, 2.24) is 24.6 Å². The standard InChI is InChI=1S/C19H25N5OS2/c1-4-5-8-11-24-13-20-22-19(24)26-12-17(25)23(3)14(2)18-21-15-9-6-7-10-16(15)27-18/h6-7,9-10,13-14H,4-5,8,11-12H2,1-3H3/t14-/m0/s1. The van der Waals surface area contributed by atoms with E-state index in [2.05, 4.69) is 28.2 Å². The van der Waals surface area contributed by atoms with Crippen molar-refractivity contribution in [3.8, 4) is 0 Å². The van der Waals surface area contributed by atoms with Crippen LogP contribution >= 0.6 is 23.1 Å². The molecule has 2 heterocycles. The van der Waals surface area contributed by atoms with Gasteiger partial charge in [0, 0.05) is 13.6 Å². The summed E-state index contributed by atoms with van der Waals surface area (Å²) in [6.45, 7) is 5.10. The minimum Gasteiger partial charge on any atom is -0.336 e. The van der Waals surface area contributed by atoms with E-state index < -0.39 is 0 Å². The number of carbonyl (C=O) groups is 1. The maximum Gasteiger partial charge on any atom is 0.233 e. The van der Waals surface area contributed by atoms with Crippen molar-refractivity contribution in [2.75, 3.05) is 12.8 Å². The van der Waals surface area contributed by atoms with E-state index in [0.29, 0.717) is 5.75 Å². The van der Waals surface area contributed by atoms with Gasteiger partial charge < -0.3 is 9.47 Å². The highest BCUT2D eigenvalue weighted by molar-refractivity contribution is 7.99. The van der Waals surface area contributed by atoms with Gasteiger partial charge in [-0.1, -0.05) is 43.7 Å². The van der Waals surface area contributed by atoms with Crippen LogP contribution < -0.4 is 0 Å². The Hall–Kier alpha value is -1.93.